The number of Topliss-reactive ketones (excluding diaryl/α,β-unsaturated/α-hetero) is 1. The molecule has 1 atom stereocenters. The standard InChI is InChI=1S/C4H6O/c1-3-2-4(3)5/h3H,2H2,1H3. The van der Waals surface area contributed by atoms with Crippen LogP contribution in [0.3, 0.4) is 0 Å². The van der Waals surface area contributed by atoms with Gasteiger partial charge in [-0.3, -0.25) is 4.79 Å². The molecule has 1 aliphatic carbocycles. The Balaban J connectivity index is 2.47. The van der Waals surface area contributed by atoms with Gasteiger partial charge < -0.3 is 0 Å². The van der Waals surface area contributed by atoms with Crippen molar-refractivity contribution in [3.63, 3.8) is 0 Å². The van der Waals surface area contributed by atoms with Gasteiger partial charge in [0.05, 0.1) is 0 Å². The highest BCUT2D eigenvalue weighted by Gasteiger charge is 2.28. The topological polar surface area (TPSA) is 17.1 Å². The summed E-state index contributed by atoms with van der Waals surface area (Å²) in [5, 5.41) is 0. The van der Waals surface area contributed by atoms with Crippen molar-refractivity contribution < 1.29 is 4.79 Å². The van der Waals surface area contributed by atoms with Gasteiger partial charge in [0.1, 0.15) is 5.78 Å². The van der Waals surface area contributed by atoms with E-state index in [1.54, 1.807) is 0 Å². The lowest BCUT2D eigenvalue weighted by molar-refractivity contribution is -0.110. The molecule has 0 aliphatic heterocycles. The van der Waals surface area contributed by atoms with Crippen LogP contribution in [0.5, 0.6) is 0 Å². The predicted molar refractivity (Wildman–Crippen MR) is 18.8 cm³/mol. The molecule has 0 aromatic heterocycles. The first-order valence-corrected chi connectivity index (χ1v) is 1.83. The van der Waals surface area contributed by atoms with Crippen molar-refractivity contribution in [1.82, 2.24) is 0 Å². The minimum Gasteiger partial charge on any atom is -0.299 e. The van der Waals surface area contributed by atoms with E-state index in [2.05, 4.69) is 0 Å². The first-order chi connectivity index (χ1) is 2.30. The normalized spacial score (nSPS) is 34.6. The molecule has 1 rings (SSSR count). The molecule has 28 valence electrons. The quantitative estimate of drug-likeness (QED) is 0.407. The van der Waals surface area contributed by atoms with E-state index in [1.165, 1.54) is 0 Å². The van der Waals surface area contributed by atoms with Gasteiger partial charge in [0.25, 0.3) is 0 Å². The lowest BCUT2D eigenvalue weighted by Gasteiger charge is -1.52. The van der Waals surface area contributed by atoms with Gasteiger partial charge in [-0.05, 0) is 0 Å². The van der Waals surface area contributed by atoms with E-state index in [0.29, 0.717) is 11.7 Å². The molecular formula is C4H6O. The molecule has 0 bridgehead atoms. The van der Waals surface area contributed by atoms with Crippen LogP contribution in [0.2, 0.25) is 0 Å². The molecule has 0 amide bonds. The Morgan fingerprint density at radius 1 is 2.00 bits per heavy atom. The van der Waals surface area contributed by atoms with Gasteiger partial charge in [-0.15, -0.1) is 0 Å². The molecule has 0 aromatic carbocycles. The van der Waals surface area contributed by atoms with Gasteiger partial charge in [-0.25, -0.2) is 0 Å². The summed E-state index contributed by atoms with van der Waals surface area (Å²) in [5.41, 5.74) is 0. The second kappa shape index (κ2) is 0.588. The molecule has 0 spiro atoms. The first-order valence-electron chi connectivity index (χ1n) is 1.83. The van der Waals surface area contributed by atoms with Crippen LogP contribution in [0.1, 0.15) is 13.3 Å². The van der Waals surface area contributed by atoms with Crippen molar-refractivity contribution in [1.29, 1.82) is 0 Å². The summed E-state index contributed by atoms with van der Waals surface area (Å²) >= 11 is 0. The average molecular weight is 70.1 g/mol. The molecule has 0 aromatic rings. The summed E-state index contributed by atoms with van der Waals surface area (Å²) in [6, 6.07) is 0. The molecular weight excluding hydrogens is 64.0 g/mol. The van der Waals surface area contributed by atoms with Crippen LogP contribution in [0, 0.1) is 5.92 Å². The van der Waals surface area contributed by atoms with Crippen LogP contribution in [0.15, 0.2) is 0 Å². The van der Waals surface area contributed by atoms with E-state index in [0.717, 1.165) is 6.42 Å². The third-order valence-electron chi connectivity index (χ3n) is 0.897. The molecule has 1 fully saturated rings. The number of ketones is 1. The lowest BCUT2D eigenvalue weighted by atomic mass is 10.5. The number of carbonyl (C=O) groups excluding carboxylic acids is 1. The van der Waals surface area contributed by atoms with Gasteiger partial charge in [-0.2, -0.15) is 0 Å². The summed E-state index contributed by atoms with van der Waals surface area (Å²) in [5.74, 6) is 0.833. The van der Waals surface area contributed by atoms with Crippen molar-refractivity contribution in [2.45, 2.75) is 13.3 Å². The monoisotopic (exact) mass is 70.0 g/mol. The van der Waals surface area contributed by atoms with Crippen LogP contribution >= 0.6 is 0 Å². The molecule has 0 heterocycles. The Hall–Kier alpha value is -0.330. The van der Waals surface area contributed by atoms with Gasteiger partial charge >= 0.3 is 0 Å². The highest BCUT2D eigenvalue weighted by molar-refractivity contribution is 5.95. The second-order valence-corrected chi connectivity index (χ2v) is 1.57. The summed E-state index contributed by atoms with van der Waals surface area (Å²) in [4.78, 5) is 9.89. The molecule has 0 N–H and O–H groups in total. The van der Waals surface area contributed by atoms with Crippen LogP contribution in [0.4, 0.5) is 0 Å². The number of carbonyl (C=O) groups is 1. The fourth-order valence-corrected chi connectivity index (χ4v) is 0.243. The zero-order valence-electron chi connectivity index (χ0n) is 3.19. The highest BCUT2D eigenvalue weighted by Crippen LogP contribution is 2.21. The van der Waals surface area contributed by atoms with Crippen LogP contribution in [-0.4, -0.2) is 5.78 Å². The second-order valence-electron chi connectivity index (χ2n) is 1.57. The van der Waals surface area contributed by atoms with Crippen LogP contribution in [0.25, 0.3) is 0 Å². The van der Waals surface area contributed by atoms with Crippen LogP contribution < -0.4 is 0 Å². The SMILES string of the molecule is CC1CC1=O. The maximum Gasteiger partial charge on any atom is 0.136 e. The van der Waals surface area contributed by atoms with E-state index in [1.807, 2.05) is 6.92 Å². The van der Waals surface area contributed by atoms with E-state index in [9.17, 15) is 4.79 Å². The van der Waals surface area contributed by atoms with Crippen molar-refractivity contribution >= 4 is 5.78 Å². The minimum atomic E-state index is 0.412. The summed E-state index contributed by atoms with van der Waals surface area (Å²) in [6.45, 7) is 1.95. The maximum absolute atomic E-state index is 9.89. The summed E-state index contributed by atoms with van der Waals surface area (Å²) in [7, 11) is 0. The zero-order valence-corrected chi connectivity index (χ0v) is 3.19. The Labute approximate surface area is 31.0 Å². The van der Waals surface area contributed by atoms with Gasteiger partial charge in [-0.1, -0.05) is 6.92 Å². The smallest absolute Gasteiger partial charge is 0.136 e. The van der Waals surface area contributed by atoms with Crippen molar-refractivity contribution in [2.75, 3.05) is 0 Å². The first kappa shape index (κ1) is 2.88. The molecule has 1 heteroatoms. The summed E-state index contributed by atoms with van der Waals surface area (Å²) < 4.78 is 0. The largest absolute Gasteiger partial charge is 0.299 e. The lowest BCUT2D eigenvalue weighted by Crippen LogP contribution is -1.60. The molecule has 0 saturated heterocycles. The average Bonchev–Trinajstić information content (AvgIpc) is 1.79. The van der Waals surface area contributed by atoms with Crippen molar-refractivity contribution in [3.8, 4) is 0 Å². The molecule has 1 aliphatic rings. The van der Waals surface area contributed by atoms with E-state index in [-0.39, 0.29) is 0 Å². The number of hydrogen-bond donors (Lipinski definition) is 0. The third-order valence-corrected chi connectivity index (χ3v) is 0.897. The predicted octanol–water partition coefficient (Wildman–Crippen LogP) is 0.595. The minimum absolute atomic E-state index is 0.412. The molecule has 1 unspecified atom stereocenters. The van der Waals surface area contributed by atoms with Gasteiger partial charge in [0, 0.05) is 12.3 Å². The fraction of sp³-hybridized carbons (Fsp3) is 0.750. The van der Waals surface area contributed by atoms with Gasteiger partial charge in [0.15, 0.2) is 0 Å². The van der Waals surface area contributed by atoms with Gasteiger partial charge in [0.2, 0.25) is 0 Å². The van der Waals surface area contributed by atoms with Crippen LogP contribution in [-0.2, 0) is 4.79 Å². The Morgan fingerprint density at radius 3 is 2.20 bits per heavy atom. The van der Waals surface area contributed by atoms with E-state index in [4.69, 9.17) is 0 Å². The summed E-state index contributed by atoms with van der Waals surface area (Å²) in [6.07, 6.45) is 0.833. The molecule has 1 saturated carbocycles. The molecule has 0 radical (unpaired) electrons. The highest BCUT2D eigenvalue weighted by atomic mass is 16.1. The molecule has 5 heavy (non-hydrogen) atoms. The maximum atomic E-state index is 9.89. The third kappa shape index (κ3) is 0.318. The van der Waals surface area contributed by atoms with Crippen molar-refractivity contribution in [2.24, 2.45) is 5.92 Å². The fourth-order valence-electron chi connectivity index (χ4n) is 0.243. The van der Waals surface area contributed by atoms with E-state index >= 15 is 0 Å². The zero-order chi connectivity index (χ0) is 3.86. The Kier molecular flexibility index (Phi) is 0.339. The molecule has 1 nitrogen and oxygen atoms in total. The number of hydrogen-bond acceptors (Lipinski definition) is 1. The van der Waals surface area contributed by atoms with E-state index < -0.39 is 0 Å². The number of rotatable bonds is 0. The van der Waals surface area contributed by atoms with Crippen molar-refractivity contribution in [3.05, 3.63) is 0 Å². The Bertz CT molecular complexity index is 66.0. The Morgan fingerprint density at radius 2 is 2.20 bits per heavy atom.